The number of hydrogen-bond donors (Lipinski definition) is 3. The van der Waals surface area contributed by atoms with E-state index in [0.29, 0.717) is 6.61 Å². The molecule has 7 nitrogen and oxygen atoms in total. The third kappa shape index (κ3) is 6.49. The fourth-order valence-electron chi connectivity index (χ4n) is 3.25. The molecule has 1 aliphatic carbocycles. The third-order valence-corrected chi connectivity index (χ3v) is 5.20. The summed E-state index contributed by atoms with van der Waals surface area (Å²) in [4.78, 5) is 12.4. The highest BCUT2D eigenvalue weighted by Crippen LogP contribution is 2.21. The number of hydrogen-bond acceptors (Lipinski definition) is 4. The molecule has 1 aliphatic rings. The third-order valence-electron chi connectivity index (χ3n) is 4.46. The Hall–Kier alpha value is -1.80. The number of benzene rings is 1. The summed E-state index contributed by atoms with van der Waals surface area (Å²) in [6.07, 6.45) is 4.55. The predicted molar refractivity (Wildman–Crippen MR) is 102 cm³/mol. The molecule has 1 saturated carbocycles. The Labute approximate surface area is 155 Å². The smallest absolute Gasteiger partial charge is 0.315 e. The average molecular weight is 384 g/mol. The van der Waals surface area contributed by atoms with Gasteiger partial charge in [0.05, 0.1) is 18.9 Å². The van der Waals surface area contributed by atoms with E-state index in [4.69, 9.17) is 4.74 Å². The highest BCUT2D eigenvalue weighted by Gasteiger charge is 2.28. The average Bonchev–Trinajstić information content (AvgIpc) is 2.56. The molecule has 26 heavy (non-hydrogen) atoms. The first-order valence-electron chi connectivity index (χ1n) is 9.05. The van der Waals surface area contributed by atoms with Crippen molar-refractivity contribution in [3.63, 3.8) is 0 Å². The van der Waals surface area contributed by atoms with Crippen LogP contribution < -0.4 is 20.1 Å². The van der Waals surface area contributed by atoms with Crippen LogP contribution in [0.2, 0.25) is 0 Å². The van der Waals surface area contributed by atoms with Gasteiger partial charge in [-0.1, -0.05) is 25.0 Å². The van der Waals surface area contributed by atoms with E-state index in [0.717, 1.165) is 43.3 Å². The minimum atomic E-state index is -3.30. The van der Waals surface area contributed by atoms with Crippen LogP contribution in [0, 0.1) is 0 Å². The van der Waals surface area contributed by atoms with Gasteiger partial charge in [-0.3, -0.25) is 0 Å². The molecule has 3 N–H and O–H groups in total. The summed E-state index contributed by atoms with van der Waals surface area (Å²) in [5.74, 6) is 0.767. The van der Waals surface area contributed by atoms with Crippen molar-refractivity contribution in [1.29, 1.82) is 0 Å². The summed E-state index contributed by atoms with van der Waals surface area (Å²) in [6, 6.07) is 6.64. The molecule has 0 radical (unpaired) electrons. The van der Waals surface area contributed by atoms with E-state index in [2.05, 4.69) is 15.4 Å². The summed E-state index contributed by atoms with van der Waals surface area (Å²) in [5, 5.41) is 5.84. The lowest BCUT2D eigenvalue weighted by atomic mass is 9.91. The van der Waals surface area contributed by atoms with Crippen molar-refractivity contribution < 1.29 is 17.9 Å². The van der Waals surface area contributed by atoms with Crippen LogP contribution >= 0.6 is 0 Å². The van der Waals surface area contributed by atoms with Gasteiger partial charge in [0.1, 0.15) is 5.75 Å². The number of carbonyl (C=O) groups excluding carboxylic acids is 1. The number of amides is 2. The standard InChI is InChI=1S/C18H29N3O4S/c1-4-25-15-9-7-8-14(12-15)13(2)19-18(22)20-16-10-5-6-11-17(16)21-26(3,23)24/h7-9,12-13,16-17,21H,4-6,10-11H2,1-3H3,(H2,19,20,22)/t13-,16-,17-/m0/s1. The molecule has 1 aromatic rings. The van der Waals surface area contributed by atoms with Gasteiger partial charge in [0.15, 0.2) is 0 Å². The van der Waals surface area contributed by atoms with Crippen molar-refractivity contribution in [3.8, 4) is 5.75 Å². The molecule has 0 saturated heterocycles. The number of ether oxygens (including phenoxy) is 1. The number of urea groups is 1. The second-order valence-corrected chi connectivity index (χ2v) is 8.51. The van der Waals surface area contributed by atoms with Gasteiger partial charge in [-0.15, -0.1) is 0 Å². The Morgan fingerprint density at radius 1 is 1.27 bits per heavy atom. The second-order valence-electron chi connectivity index (χ2n) is 6.73. The lowest BCUT2D eigenvalue weighted by Gasteiger charge is -2.32. The lowest BCUT2D eigenvalue weighted by Crippen LogP contribution is -2.55. The summed E-state index contributed by atoms with van der Waals surface area (Å²) < 4.78 is 31.2. The molecule has 0 aromatic heterocycles. The quantitative estimate of drug-likeness (QED) is 0.673. The molecule has 0 unspecified atom stereocenters. The molecule has 2 amide bonds. The van der Waals surface area contributed by atoms with Gasteiger partial charge in [0.2, 0.25) is 10.0 Å². The fraction of sp³-hybridized carbons (Fsp3) is 0.611. The van der Waals surface area contributed by atoms with Crippen LogP contribution in [-0.4, -0.2) is 39.4 Å². The highest BCUT2D eigenvalue weighted by atomic mass is 32.2. The van der Waals surface area contributed by atoms with Gasteiger partial charge >= 0.3 is 6.03 Å². The summed E-state index contributed by atoms with van der Waals surface area (Å²) in [5.41, 5.74) is 0.945. The Morgan fingerprint density at radius 3 is 2.62 bits per heavy atom. The molecule has 3 atom stereocenters. The van der Waals surface area contributed by atoms with E-state index in [9.17, 15) is 13.2 Å². The predicted octanol–water partition coefficient (Wildman–Crippen LogP) is 2.31. The lowest BCUT2D eigenvalue weighted by molar-refractivity contribution is 0.224. The molecule has 146 valence electrons. The minimum absolute atomic E-state index is 0.194. The van der Waals surface area contributed by atoms with Crippen LogP contribution in [0.15, 0.2) is 24.3 Å². The first-order valence-corrected chi connectivity index (χ1v) is 10.9. The fourth-order valence-corrected chi connectivity index (χ4v) is 4.08. The Morgan fingerprint density at radius 2 is 1.96 bits per heavy atom. The molecule has 8 heteroatoms. The van der Waals surface area contributed by atoms with Gasteiger partial charge in [0.25, 0.3) is 0 Å². The number of rotatable bonds is 7. The van der Waals surface area contributed by atoms with E-state index in [1.807, 2.05) is 38.1 Å². The molecule has 2 rings (SSSR count). The van der Waals surface area contributed by atoms with Crippen LogP contribution in [0.5, 0.6) is 5.75 Å². The Balaban J connectivity index is 1.94. The molecular weight excluding hydrogens is 354 g/mol. The van der Waals surface area contributed by atoms with Crippen LogP contribution in [0.4, 0.5) is 4.79 Å². The summed E-state index contributed by atoms with van der Waals surface area (Å²) in [7, 11) is -3.30. The van der Waals surface area contributed by atoms with Crippen molar-refractivity contribution in [1.82, 2.24) is 15.4 Å². The maximum atomic E-state index is 12.4. The van der Waals surface area contributed by atoms with Crippen molar-refractivity contribution in [2.75, 3.05) is 12.9 Å². The summed E-state index contributed by atoms with van der Waals surface area (Å²) in [6.45, 7) is 4.41. The Bertz CT molecular complexity index is 708. The highest BCUT2D eigenvalue weighted by molar-refractivity contribution is 7.88. The van der Waals surface area contributed by atoms with Crippen LogP contribution in [0.25, 0.3) is 0 Å². The zero-order valence-electron chi connectivity index (χ0n) is 15.6. The van der Waals surface area contributed by atoms with E-state index < -0.39 is 10.0 Å². The van der Waals surface area contributed by atoms with E-state index in [-0.39, 0.29) is 24.2 Å². The van der Waals surface area contributed by atoms with Crippen LogP contribution in [0.1, 0.15) is 51.1 Å². The largest absolute Gasteiger partial charge is 0.494 e. The first kappa shape index (κ1) is 20.5. The number of carbonyl (C=O) groups is 1. The van der Waals surface area contributed by atoms with Gasteiger partial charge in [-0.25, -0.2) is 17.9 Å². The number of nitrogens with one attached hydrogen (secondary N) is 3. The molecular formula is C18H29N3O4S. The van der Waals surface area contributed by atoms with E-state index >= 15 is 0 Å². The molecule has 1 fully saturated rings. The van der Waals surface area contributed by atoms with Crippen molar-refractivity contribution >= 4 is 16.1 Å². The van der Waals surface area contributed by atoms with E-state index in [1.54, 1.807) is 0 Å². The van der Waals surface area contributed by atoms with Gasteiger partial charge < -0.3 is 15.4 Å². The van der Waals surface area contributed by atoms with Crippen LogP contribution in [-0.2, 0) is 10.0 Å². The molecule has 0 aliphatic heterocycles. The second kappa shape index (κ2) is 9.23. The molecule has 0 bridgehead atoms. The maximum absolute atomic E-state index is 12.4. The van der Waals surface area contributed by atoms with Crippen LogP contribution in [0.3, 0.4) is 0 Å². The normalized spacial score (nSPS) is 21.7. The van der Waals surface area contributed by atoms with Crippen molar-refractivity contribution in [3.05, 3.63) is 29.8 Å². The minimum Gasteiger partial charge on any atom is -0.494 e. The van der Waals surface area contributed by atoms with Gasteiger partial charge in [-0.05, 0) is 44.4 Å². The molecule has 0 heterocycles. The van der Waals surface area contributed by atoms with Gasteiger partial charge in [-0.2, -0.15) is 0 Å². The van der Waals surface area contributed by atoms with E-state index in [1.165, 1.54) is 0 Å². The SMILES string of the molecule is CCOc1cccc([C@H](C)NC(=O)N[C@H]2CCCC[C@@H]2NS(C)(=O)=O)c1. The number of sulfonamides is 1. The van der Waals surface area contributed by atoms with Crippen molar-refractivity contribution in [2.45, 2.75) is 57.7 Å². The Kier molecular flexibility index (Phi) is 7.28. The first-order chi connectivity index (χ1) is 12.3. The summed E-state index contributed by atoms with van der Waals surface area (Å²) >= 11 is 0. The molecule has 1 aromatic carbocycles. The zero-order valence-corrected chi connectivity index (χ0v) is 16.4. The van der Waals surface area contributed by atoms with Gasteiger partial charge in [0, 0.05) is 12.1 Å². The molecule has 0 spiro atoms. The van der Waals surface area contributed by atoms with Crippen molar-refractivity contribution in [2.24, 2.45) is 0 Å². The zero-order chi connectivity index (χ0) is 19.2. The topological polar surface area (TPSA) is 96.5 Å². The maximum Gasteiger partial charge on any atom is 0.315 e. The monoisotopic (exact) mass is 383 g/mol.